The smallest absolute Gasteiger partial charge is 0.266 e. The lowest BCUT2D eigenvalue weighted by Crippen LogP contribution is -2.47. The second kappa shape index (κ2) is 8.39. The van der Waals surface area contributed by atoms with E-state index in [0.29, 0.717) is 12.4 Å². The summed E-state index contributed by atoms with van der Waals surface area (Å²) >= 11 is 0. The molecule has 2 aliphatic heterocycles. The van der Waals surface area contributed by atoms with Crippen LogP contribution >= 0.6 is 0 Å². The molecular formula is C22H30N8O. The molecule has 31 heavy (non-hydrogen) atoms. The lowest BCUT2D eigenvalue weighted by molar-refractivity contribution is 0.122. The van der Waals surface area contributed by atoms with Gasteiger partial charge >= 0.3 is 0 Å². The van der Waals surface area contributed by atoms with Gasteiger partial charge < -0.3 is 0 Å². The summed E-state index contributed by atoms with van der Waals surface area (Å²) in [6, 6.07) is 5.33. The van der Waals surface area contributed by atoms with E-state index in [1.165, 1.54) is 17.7 Å². The van der Waals surface area contributed by atoms with E-state index in [1.807, 2.05) is 19.9 Å². The van der Waals surface area contributed by atoms with Crippen LogP contribution < -0.4 is 5.56 Å². The summed E-state index contributed by atoms with van der Waals surface area (Å²) in [5, 5.41) is 13.6. The second-order valence-electron chi connectivity index (χ2n) is 8.65. The first-order chi connectivity index (χ1) is 15.1. The Bertz CT molecular complexity index is 1120. The normalized spacial score (nSPS) is 17.4. The largest absolute Gasteiger partial charge is 0.299 e. The van der Waals surface area contributed by atoms with E-state index in [4.69, 9.17) is 0 Å². The maximum atomic E-state index is 12.3. The molecule has 0 radical (unpaired) electrons. The topological polar surface area (TPSA) is 77.0 Å². The Morgan fingerprint density at radius 1 is 0.968 bits per heavy atom. The summed E-state index contributed by atoms with van der Waals surface area (Å²) in [4.78, 5) is 17.3. The molecule has 0 aliphatic carbocycles. The standard InChI is InChI=1S/C22H30N8O/c1-17-14-18(2)30(24-17)21-5-6-22(31)29(25-21)13-12-26-8-10-27(11-9-26)16-19-15-23-28-7-3-4-20(19)28/h5-6,14-15H,3-4,7-13,16H2,1-2H3. The Kier molecular flexibility index (Phi) is 5.45. The van der Waals surface area contributed by atoms with Gasteiger partial charge in [-0.25, -0.2) is 9.36 Å². The summed E-state index contributed by atoms with van der Waals surface area (Å²) in [5.41, 5.74) is 4.70. The average Bonchev–Trinajstić information content (AvgIpc) is 3.46. The molecule has 1 fully saturated rings. The van der Waals surface area contributed by atoms with Crippen LogP contribution in [0, 0.1) is 13.8 Å². The van der Waals surface area contributed by atoms with Gasteiger partial charge in [-0.3, -0.25) is 19.3 Å². The third-order valence-corrected chi connectivity index (χ3v) is 6.38. The summed E-state index contributed by atoms with van der Waals surface area (Å²) in [6.45, 7) is 11.5. The monoisotopic (exact) mass is 422 g/mol. The summed E-state index contributed by atoms with van der Waals surface area (Å²) in [7, 11) is 0. The zero-order chi connectivity index (χ0) is 21.4. The molecule has 0 spiro atoms. The minimum Gasteiger partial charge on any atom is -0.299 e. The number of fused-ring (bicyclic) bond motifs is 1. The number of hydrogen-bond acceptors (Lipinski definition) is 6. The predicted octanol–water partition coefficient (Wildman–Crippen LogP) is 1.01. The van der Waals surface area contributed by atoms with E-state index < -0.39 is 0 Å². The van der Waals surface area contributed by atoms with Gasteiger partial charge in [0.25, 0.3) is 5.56 Å². The highest BCUT2D eigenvalue weighted by Gasteiger charge is 2.21. The van der Waals surface area contributed by atoms with Gasteiger partial charge in [0.05, 0.1) is 18.4 Å². The van der Waals surface area contributed by atoms with Crippen molar-refractivity contribution in [1.82, 2.24) is 39.1 Å². The first-order valence-electron chi connectivity index (χ1n) is 11.2. The molecule has 3 aromatic rings. The van der Waals surface area contributed by atoms with E-state index in [0.717, 1.165) is 63.6 Å². The molecule has 0 unspecified atom stereocenters. The molecule has 3 aromatic heterocycles. The molecule has 0 N–H and O–H groups in total. The van der Waals surface area contributed by atoms with Crippen LogP contribution in [0.4, 0.5) is 0 Å². The van der Waals surface area contributed by atoms with Crippen molar-refractivity contribution in [3.05, 3.63) is 57.4 Å². The molecular weight excluding hydrogens is 392 g/mol. The molecule has 0 amide bonds. The van der Waals surface area contributed by atoms with E-state index in [-0.39, 0.29) is 5.56 Å². The maximum absolute atomic E-state index is 12.3. The number of aryl methyl sites for hydroxylation is 3. The van der Waals surface area contributed by atoms with Crippen LogP contribution in [0.1, 0.15) is 29.1 Å². The van der Waals surface area contributed by atoms with Crippen molar-refractivity contribution in [3.63, 3.8) is 0 Å². The fourth-order valence-corrected chi connectivity index (χ4v) is 4.68. The maximum Gasteiger partial charge on any atom is 0.266 e. The van der Waals surface area contributed by atoms with Crippen LogP contribution in [-0.4, -0.2) is 71.9 Å². The van der Waals surface area contributed by atoms with Crippen molar-refractivity contribution >= 4 is 0 Å². The van der Waals surface area contributed by atoms with Crippen LogP contribution in [-0.2, 0) is 26.1 Å². The molecule has 0 saturated carbocycles. The van der Waals surface area contributed by atoms with Gasteiger partial charge in [-0.1, -0.05) is 0 Å². The molecule has 5 heterocycles. The van der Waals surface area contributed by atoms with Gasteiger partial charge in [-0.15, -0.1) is 5.10 Å². The SMILES string of the molecule is Cc1cc(C)n(-c2ccc(=O)n(CCN3CCN(Cc4cnn5c4CCC5)CC3)n2)n1. The number of piperazine rings is 1. The number of hydrogen-bond donors (Lipinski definition) is 0. The van der Waals surface area contributed by atoms with E-state index in [2.05, 4.69) is 36.0 Å². The first-order valence-corrected chi connectivity index (χ1v) is 11.2. The van der Waals surface area contributed by atoms with E-state index in [1.54, 1.807) is 21.5 Å². The van der Waals surface area contributed by atoms with E-state index in [9.17, 15) is 4.79 Å². The van der Waals surface area contributed by atoms with Gasteiger partial charge in [0.1, 0.15) is 0 Å². The van der Waals surface area contributed by atoms with Crippen molar-refractivity contribution in [2.75, 3.05) is 32.7 Å². The highest BCUT2D eigenvalue weighted by atomic mass is 16.1. The number of aromatic nitrogens is 6. The quantitative estimate of drug-likeness (QED) is 0.590. The van der Waals surface area contributed by atoms with Crippen LogP contribution in [0.15, 0.2) is 29.2 Å². The zero-order valence-corrected chi connectivity index (χ0v) is 18.4. The molecule has 0 atom stereocenters. The Hall–Kier alpha value is -2.78. The Labute approximate surface area is 181 Å². The number of rotatable bonds is 6. The van der Waals surface area contributed by atoms with Gasteiger partial charge in [0.15, 0.2) is 5.82 Å². The molecule has 164 valence electrons. The lowest BCUT2D eigenvalue weighted by Gasteiger charge is -2.34. The zero-order valence-electron chi connectivity index (χ0n) is 18.4. The highest BCUT2D eigenvalue weighted by molar-refractivity contribution is 5.24. The highest BCUT2D eigenvalue weighted by Crippen LogP contribution is 2.20. The summed E-state index contributed by atoms with van der Waals surface area (Å²) in [5.74, 6) is 0.684. The van der Waals surface area contributed by atoms with Crippen molar-refractivity contribution in [2.24, 2.45) is 0 Å². The van der Waals surface area contributed by atoms with Crippen LogP contribution in [0.3, 0.4) is 0 Å². The fourth-order valence-electron chi connectivity index (χ4n) is 4.68. The van der Waals surface area contributed by atoms with Crippen molar-refractivity contribution in [3.8, 4) is 5.82 Å². The molecule has 5 rings (SSSR count). The van der Waals surface area contributed by atoms with Crippen LogP contribution in [0.2, 0.25) is 0 Å². The molecule has 0 aromatic carbocycles. The van der Waals surface area contributed by atoms with Gasteiger partial charge in [-0.2, -0.15) is 10.2 Å². The fraction of sp³-hybridized carbons (Fsp3) is 0.545. The summed E-state index contributed by atoms with van der Waals surface area (Å²) < 4.78 is 5.52. The third-order valence-electron chi connectivity index (χ3n) is 6.38. The van der Waals surface area contributed by atoms with Crippen LogP contribution in [0.25, 0.3) is 5.82 Å². The van der Waals surface area contributed by atoms with E-state index >= 15 is 0 Å². The molecule has 9 heteroatoms. The first kappa shape index (κ1) is 20.1. The van der Waals surface area contributed by atoms with Crippen molar-refractivity contribution in [1.29, 1.82) is 0 Å². The molecule has 9 nitrogen and oxygen atoms in total. The van der Waals surface area contributed by atoms with Crippen molar-refractivity contribution < 1.29 is 0 Å². The molecule has 2 aliphatic rings. The van der Waals surface area contributed by atoms with Crippen molar-refractivity contribution in [2.45, 2.75) is 46.3 Å². The van der Waals surface area contributed by atoms with Gasteiger partial charge in [-0.05, 0) is 38.8 Å². The summed E-state index contributed by atoms with van der Waals surface area (Å²) in [6.07, 6.45) is 4.43. The minimum absolute atomic E-state index is 0.0704. The molecule has 0 bridgehead atoms. The molecule has 1 saturated heterocycles. The Morgan fingerprint density at radius 3 is 2.55 bits per heavy atom. The van der Waals surface area contributed by atoms with Crippen LogP contribution in [0.5, 0.6) is 0 Å². The Morgan fingerprint density at radius 2 is 1.77 bits per heavy atom. The van der Waals surface area contributed by atoms with Gasteiger partial charge in [0, 0.05) is 68.8 Å². The number of nitrogens with zero attached hydrogens (tertiary/aromatic N) is 8. The lowest BCUT2D eigenvalue weighted by atomic mass is 10.1. The minimum atomic E-state index is -0.0704. The Balaban J connectivity index is 1.16. The average molecular weight is 423 g/mol. The van der Waals surface area contributed by atoms with Gasteiger partial charge in [0.2, 0.25) is 0 Å². The third kappa shape index (κ3) is 4.20. The predicted molar refractivity (Wildman–Crippen MR) is 117 cm³/mol. The second-order valence-corrected chi connectivity index (χ2v) is 8.65.